The van der Waals surface area contributed by atoms with Crippen molar-refractivity contribution in [2.75, 3.05) is 25.4 Å². The van der Waals surface area contributed by atoms with Gasteiger partial charge in [-0.2, -0.15) is 0 Å². The number of likely N-dealkylation sites (tertiary alicyclic amines) is 1. The summed E-state index contributed by atoms with van der Waals surface area (Å²) in [7, 11) is -2.99. The predicted octanol–water partition coefficient (Wildman–Crippen LogP) is 0.233. The SMILES string of the molecule is CC(C)(C)S(=O)(=O)CCN1CCC(N)C1. The van der Waals surface area contributed by atoms with E-state index >= 15 is 0 Å². The summed E-state index contributed by atoms with van der Waals surface area (Å²) in [5, 5.41) is 0. The van der Waals surface area contributed by atoms with Gasteiger partial charge in [-0.1, -0.05) is 0 Å². The molecular weight excluding hydrogens is 212 g/mol. The van der Waals surface area contributed by atoms with Gasteiger partial charge in [-0.05, 0) is 33.7 Å². The molecule has 1 aliphatic heterocycles. The van der Waals surface area contributed by atoms with Crippen LogP contribution >= 0.6 is 0 Å². The maximum Gasteiger partial charge on any atom is 0.156 e. The van der Waals surface area contributed by atoms with E-state index in [9.17, 15) is 8.42 Å². The molecule has 90 valence electrons. The van der Waals surface area contributed by atoms with Crippen LogP contribution in [0.4, 0.5) is 0 Å². The molecular formula is C10H22N2O2S. The molecule has 1 fully saturated rings. The zero-order valence-corrected chi connectivity index (χ0v) is 10.7. The van der Waals surface area contributed by atoms with Crippen LogP contribution < -0.4 is 5.73 Å². The Kier molecular flexibility index (Phi) is 3.79. The average Bonchev–Trinajstić information content (AvgIpc) is 2.46. The summed E-state index contributed by atoms with van der Waals surface area (Å²) in [6.07, 6.45) is 0.982. The van der Waals surface area contributed by atoms with Crippen molar-refractivity contribution in [1.82, 2.24) is 4.90 Å². The molecule has 2 N–H and O–H groups in total. The molecule has 1 unspecified atom stereocenters. The topological polar surface area (TPSA) is 63.4 Å². The highest BCUT2D eigenvalue weighted by Gasteiger charge is 2.30. The number of rotatable bonds is 3. The molecule has 0 aromatic rings. The maximum atomic E-state index is 11.8. The van der Waals surface area contributed by atoms with Gasteiger partial charge in [0.2, 0.25) is 0 Å². The third kappa shape index (κ3) is 3.43. The minimum atomic E-state index is -2.99. The van der Waals surface area contributed by atoms with Crippen molar-refractivity contribution in [3.8, 4) is 0 Å². The Hall–Kier alpha value is -0.130. The predicted molar refractivity (Wildman–Crippen MR) is 62.6 cm³/mol. The van der Waals surface area contributed by atoms with Crippen LogP contribution in [-0.4, -0.2) is 49.5 Å². The summed E-state index contributed by atoms with van der Waals surface area (Å²) < 4.78 is 23.0. The first kappa shape index (κ1) is 12.9. The summed E-state index contributed by atoms with van der Waals surface area (Å²) in [6.45, 7) is 7.63. The minimum Gasteiger partial charge on any atom is -0.326 e. The second kappa shape index (κ2) is 4.39. The highest BCUT2D eigenvalue weighted by atomic mass is 32.2. The van der Waals surface area contributed by atoms with Gasteiger partial charge in [0, 0.05) is 19.1 Å². The minimum absolute atomic E-state index is 0.224. The summed E-state index contributed by atoms with van der Waals surface area (Å²) >= 11 is 0. The van der Waals surface area contributed by atoms with E-state index in [1.165, 1.54) is 0 Å². The van der Waals surface area contributed by atoms with Crippen molar-refractivity contribution in [2.45, 2.75) is 38.0 Å². The molecule has 0 aromatic carbocycles. The van der Waals surface area contributed by atoms with Crippen molar-refractivity contribution in [3.63, 3.8) is 0 Å². The molecule has 1 heterocycles. The largest absolute Gasteiger partial charge is 0.326 e. The van der Waals surface area contributed by atoms with E-state index in [1.807, 2.05) is 0 Å². The first-order valence-electron chi connectivity index (χ1n) is 5.42. The smallest absolute Gasteiger partial charge is 0.156 e. The lowest BCUT2D eigenvalue weighted by Crippen LogP contribution is -2.36. The second-order valence-corrected chi connectivity index (χ2v) is 8.14. The Morgan fingerprint density at radius 2 is 2.00 bits per heavy atom. The standard InChI is InChI=1S/C10H22N2O2S/c1-10(2,3)15(13,14)7-6-12-5-4-9(11)8-12/h9H,4-8,11H2,1-3H3. The molecule has 4 nitrogen and oxygen atoms in total. The van der Waals surface area contributed by atoms with Crippen molar-refractivity contribution in [2.24, 2.45) is 5.73 Å². The monoisotopic (exact) mass is 234 g/mol. The number of hydrogen-bond acceptors (Lipinski definition) is 4. The molecule has 0 aromatic heterocycles. The molecule has 0 saturated carbocycles. The summed E-state index contributed by atoms with van der Waals surface area (Å²) in [5.41, 5.74) is 5.76. The van der Waals surface area contributed by atoms with Gasteiger partial charge in [-0.3, -0.25) is 0 Å². The van der Waals surface area contributed by atoms with Crippen LogP contribution in [0.2, 0.25) is 0 Å². The number of hydrogen-bond donors (Lipinski definition) is 1. The Morgan fingerprint density at radius 3 is 2.40 bits per heavy atom. The van der Waals surface area contributed by atoms with Crippen LogP contribution in [0.15, 0.2) is 0 Å². The van der Waals surface area contributed by atoms with Crippen LogP contribution in [0.5, 0.6) is 0 Å². The highest BCUT2D eigenvalue weighted by molar-refractivity contribution is 7.92. The van der Waals surface area contributed by atoms with E-state index in [1.54, 1.807) is 20.8 Å². The van der Waals surface area contributed by atoms with Gasteiger partial charge in [-0.25, -0.2) is 8.42 Å². The second-order valence-electron chi connectivity index (χ2n) is 5.28. The maximum absolute atomic E-state index is 11.8. The Morgan fingerprint density at radius 1 is 1.40 bits per heavy atom. The normalized spacial score (nSPS) is 24.7. The molecule has 1 aliphatic rings. The third-order valence-corrected chi connectivity index (χ3v) is 5.50. The first-order chi connectivity index (χ1) is 6.72. The van der Waals surface area contributed by atoms with Gasteiger partial charge in [0.1, 0.15) is 0 Å². The molecule has 0 amide bonds. The van der Waals surface area contributed by atoms with E-state index in [2.05, 4.69) is 4.90 Å². The van der Waals surface area contributed by atoms with Gasteiger partial charge in [0.15, 0.2) is 9.84 Å². The van der Waals surface area contributed by atoms with E-state index in [4.69, 9.17) is 5.73 Å². The first-order valence-corrected chi connectivity index (χ1v) is 7.08. The molecule has 0 spiro atoms. The van der Waals surface area contributed by atoms with Gasteiger partial charge < -0.3 is 10.6 Å². The highest BCUT2D eigenvalue weighted by Crippen LogP contribution is 2.16. The van der Waals surface area contributed by atoms with Crippen molar-refractivity contribution in [1.29, 1.82) is 0 Å². The lowest BCUT2D eigenvalue weighted by Gasteiger charge is -2.21. The quantitative estimate of drug-likeness (QED) is 0.759. The zero-order valence-electron chi connectivity index (χ0n) is 9.86. The van der Waals surface area contributed by atoms with Crippen LogP contribution in [0.3, 0.4) is 0 Å². The molecule has 5 heteroatoms. The van der Waals surface area contributed by atoms with Crippen molar-refractivity contribution < 1.29 is 8.42 Å². The Labute approximate surface area is 92.7 Å². The summed E-state index contributed by atoms with van der Waals surface area (Å²) in [6, 6.07) is 0.224. The zero-order chi connectivity index (χ0) is 11.7. The number of sulfone groups is 1. The van der Waals surface area contributed by atoms with Crippen LogP contribution in [0.25, 0.3) is 0 Å². The van der Waals surface area contributed by atoms with Gasteiger partial charge in [0.25, 0.3) is 0 Å². The van der Waals surface area contributed by atoms with Crippen LogP contribution in [-0.2, 0) is 9.84 Å². The Bertz CT molecular complexity index is 306. The van der Waals surface area contributed by atoms with Gasteiger partial charge in [-0.15, -0.1) is 0 Å². The summed E-state index contributed by atoms with van der Waals surface area (Å²) in [4.78, 5) is 2.13. The molecule has 0 aliphatic carbocycles. The number of nitrogens with zero attached hydrogens (tertiary/aromatic N) is 1. The molecule has 1 atom stereocenters. The van der Waals surface area contributed by atoms with E-state index in [0.29, 0.717) is 6.54 Å². The van der Waals surface area contributed by atoms with Gasteiger partial charge in [0.05, 0.1) is 10.5 Å². The van der Waals surface area contributed by atoms with E-state index < -0.39 is 14.6 Å². The fraction of sp³-hybridized carbons (Fsp3) is 1.00. The fourth-order valence-electron chi connectivity index (χ4n) is 1.62. The molecule has 1 saturated heterocycles. The number of nitrogens with two attached hydrogens (primary N) is 1. The fourth-order valence-corrected chi connectivity index (χ4v) is 2.73. The van der Waals surface area contributed by atoms with Crippen molar-refractivity contribution >= 4 is 9.84 Å². The average molecular weight is 234 g/mol. The van der Waals surface area contributed by atoms with E-state index in [0.717, 1.165) is 19.5 Å². The van der Waals surface area contributed by atoms with Crippen molar-refractivity contribution in [3.05, 3.63) is 0 Å². The molecule has 1 rings (SSSR count). The van der Waals surface area contributed by atoms with Crippen LogP contribution in [0.1, 0.15) is 27.2 Å². The lowest BCUT2D eigenvalue weighted by molar-refractivity contribution is 0.353. The van der Waals surface area contributed by atoms with Crippen LogP contribution in [0, 0.1) is 0 Å². The van der Waals surface area contributed by atoms with Gasteiger partial charge >= 0.3 is 0 Å². The van der Waals surface area contributed by atoms with E-state index in [-0.39, 0.29) is 11.8 Å². The molecule has 0 bridgehead atoms. The molecule has 0 radical (unpaired) electrons. The molecule has 15 heavy (non-hydrogen) atoms. The summed E-state index contributed by atoms with van der Waals surface area (Å²) in [5.74, 6) is 0.239. The lowest BCUT2D eigenvalue weighted by atomic mass is 10.3. The third-order valence-electron chi connectivity index (χ3n) is 2.92. The Balaban J connectivity index is 2.44.